The van der Waals surface area contributed by atoms with Crippen LogP contribution >= 0.6 is 0 Å². The number of hydrogen-bond acceptors (Lipinski definition) is 5. The SMILES string of the molecule is C=CCC.C=CN.CC.CC.CC.CCc1cccc(C(C)CN(C)NC)c1.CNCc1ccc(C(=N)N)cc1. The molecule has 6 nitrogen and oxygen atoms in total. The summed E-state index contributed by atoms with van der Waals surface area (Å²) in [6.45, 7) is 27.0. The van der Waals surface area contributed by atoms with E-state index in [9.17, 15) is 0 Å². The van der Waals surface area contributed by atoms with Gasteiger partial charge in [-0.25, -0.2) is 5.01 Å². The maximum atomic E-state index is 7.17. The van der Waals surface area contributed by atoms with E-state index in [1.807, 2.05) is 86.0 Å². The zero-order chi connectivity index (χ0) is 32.4. The number of hydrogen-bond donors (Lipinski definition) is 5. The summed E-state index contributed by atoms with van der Waals surface area (Å²) in [5.41, 5.74) is 17.9. The molecule has 7 N–H and O–H groups in total. The summed E-state index contributed by atoms with van der Waals surface area (Å²) in [5.74, 6) is 0.681. The van der Waals surface area contributed by atoms with E-state index in [0.717, 1.165) is 31.5 Å². The standard InChI is InChI=1S/C13H22N2.C9H13N3.C4H8.C2H5N.3C2H6/c1-5-12-7-6-8-13(9-12)11(2)10-15(4)14-3;1-12-6-7-2-4-8(5-3-7)9(10)11;1-3-4-2;1-2-3;3*1-2/h6-9,11,14H,5,10H2,1-4H3;2-5,12H,6H2,1H3,(H3,10,11);3H,1,4H2,2H3;2H,1,3H2;3*1-2H3. The summed E-state index contributed by atoms with van der Waals surface area (Å²) in [6, 6.07) is 16.5. The van der Waals surface area contributed by atoms with Crippen LogP contribution in [0.15, 0.2) is 74.0 Å². The van der Waals surface area contributed by atoms with E-state index in [1.54, 1.807) is 0 Å². The first-order valence-electron chi connectivity index (χ1n) is 14.7. The Morgan fingerprint density at radius 1 is 0.950 bits per heavy atom. The van der Waals surface area contributed by atoms with E-state index in [1.165, 1.54) is 22.9 Å². The highest BCUT2D eigenvalue weighted by atomic mass is 15.5. The van der Waals surface area contributed by atoms with Gasteiger partial charge >= 0.3 is 0 Å². The maximum absolute atomic E-state index is 7.17. The summed E-state index contributed by atoms with van der Waals surface area (Å²) < 4.78 is 0. The number of likely N-dealkylation sites (N-methyl/N-ethyl adjacent to an activating group) is 1. The fraction of sp³-hybridized carbons (Fsp3) is 0.500. The van der Waals surface area contributed by atoms with Crippen molar-refractivity contribution in [3.8, 4) is 0 Å². The van der Waals surface area contributed by atoms with E-state index < -0.39 is 0 Å². The van der Waals surface area contributed by atoms with E-state index in [2.05, 4.69) is 86.7 Å². The predicted molar refractivity (Wildman–Crippen MR) is 185 cm³/mol. The number of nitrogen functional groups attached to an aromatic ring is 1. The van der Waals surface area contributed by atoms with Crippen molar-refractivity contribution >= 4 is 5.84 Å². The smallest absolute Gasteiger partial charge is 0.122 e. The van der Waals surface area contributed by atoms with Gasteiger partial charge in [0.2, 0.25) is 0 Å². The van der Waals surface area contributed by atoms with Crippen molar-refractivity contribution in [3.05, 3.63) is 96.2 Å². The largest absolute Gasteiger partial charge is 0.405 e. The summed E-state index contributed by atoms with van der Waals surface area (Å²) in [4.78, 5) is 0. The van der Waals surface area contributed by atoms with Crippen LogP contribution in [0, 0.1) is 5.41 Å². The summed E-state index contributed by atoms with van der Waals surface area (Å²) >= 11 is 0. The quantitative estimate of drug-likeness (QED) is 0.0933. The maximum Gasteiger partial charge on any atom is 0.122 e. The van der Waals surface area contributed by atoms with E-state index in [-0.39, 0.29) is 5.84 Å². The summed E-state index contributed by atoms with van der Waals surface area (Å²) in [7, 11) is 5.92. The monoisotopic (exact) mass is 559 g/mol. The lowest BCUT2D eigenvalue weighted by Crippen LogP contribution is -2.33. The van der Waals surface area contributed by atoms with Crippen LogP contribution in [0.5, 0.6) is 0 Å². The van der Waals surface area contributed by atoms with Crippen molar-refractivity contribution in [1.29, 1.82) is 5.41 Å². The van der Waals surface area contributed by atoms with Crippen LogP contribution in [0.25, 0.3) is 0 Å². The lowest BCUT2D eigenvalue weighted by molar-refractivity contribution is 0.247. The normalized spacial score (nSPS) is 9.22. The highest BCUT2D eigenvalue weighted by Gasteiger charge is 2.07. The predicted octanol–water partition coefficient (Wildman–Crippen LogP) is 7.86. The van der Waals surface area contributed by atoms with Gasteiger partial charge in [-0.2, -0.15) is 0 Å². The number of benzene rings is 2. The number of allylic oxidation sites excluding steroid dienone is 1. The minimum Gasteiger partial charge on any atom is -0.405 e. The molecule has 0 bridgehead atoms. The van der Waals surface area contributed by atoms with Crippen LogP contribution in [-0.4, -0.2) is 38.5 Å². The number of hydrazine groups is 1. The van der Waals surface area contributed by atoms with Gasteiger partial charge in [0.15, 0.2) is 0 Å². The number of rotatable bonds is 9. The molecule has 2 aromatic rings. The van der Waals surface area contributed by atoms with Crippen molar-refractivity contribution in [2.24, 2.45) is 11.5 Å². The lowest BCUT2D eigenvalue weighted by Gasteiger charge is -2.20. The van der Waals surface area contributed by atoms with Crippen LogP contribution in [0.1, 0.15) is 96.9 Å². The topological polar surface area (TPSA) is 103 Å². The molecule has 0 aliphatic carbocycles. The number of nitrogens with one attached hydrogen (secondary N) is 3. The third-order valence-corrected chi connectivity index (χ3v) is 4.79. The van der Waals surface area contributed by atoms with Gasteiger partial charge in [-0.1, -0.05) is 123 Å². The molecule has 0 saturated carbocycles. The third-order valence-electron chi connectivity index (χ3n) is 4.79. The zero-order valence-corrected chi connectivity index (χ0v) is 28.2. The van der Waals surface area contributed by atoms with Crippen LogP contribution < -0.4 is 22.2 Å². The highest BCUT2D eigenvalue weighted by Crippen LogP contribution is 2.17. The van der Waals surface area contributed by atoms with Crippen LogP contribution in [0.3, 0.4) is 0 Å². The Morgan fingerprint density at radius 2 is 1.43 bits per heavy atom. The van der Waals surface area contributed by atoms with Crippen molar-refractivity contribution in [2.45, 2.75) is 87.6 Å². The first-order valence-corrected chi connectivity index (χ1v) is 14.7. The number of amidine groups is 1. The van der Waals surface area contributed by atoms with Gasteiger partial charge in [0.25, 0.3) is 0 Å². The second-order valence-corrected chi connectivity index (χ2v) is 7.68. The zero-order valence-electron chi connectivity index (χ0n) is 28.2. The number of aryl methyl sites for hydroxylation is 1. The van der Waals surface area contributed by atoms with Crippen molar-refractivity contribution in [1.82, 2.24) is 15.8 Å². The molecule has 6 heteroatoms. The molecule has 2 aromatic carbocycles. The minimum atomic E-state index is 0.117. The van der Waals surface area contributed by atoms with E-state index in [4.69, 9.17) is 11.1 Å². The molecule has 0 amide bonds. The molecule has 0 radical (unpaired) electrons. The molecule has 0 saturated heterocycles. The Kier molecular flexibility index (Phi) is 44.8. The minimum absolute atomic E-state index is 0.117. The number of nitrogens with two attached hydrogens (primary N) is 2. The van der Waals surface area contributed by atoms with Gasteiger partial charge in [-0.05, 0) is 55.7 Å². The molecular weight excluding hydrogens is 492 g/mol. The molecule has 40 heavy (non-hydrogen) atoms. The molecule has 1 atom stereocenters. The molecule has 0 aromatic heterocycles. The molecule has 0 aliphatic heterocycles. The van der Waals surface area contributed by atoms with Crippen LogP contribution in [0.4, 0.5) is 0 Å². The molecule has 232 valence electrons. The first kappa shape index (κ1) is 46.9. The van der Waals surface area contributed by atoms with Gasteiger partial charge in [-0.15, -0.1) is 6.58 Å². The molecule has 2 rings (SSSR count). The first-order chi connectivity index (χ1) is 19.2. The van der Waals surface area contributed by atoms with E-state index >= 15 is 0 Å². The van der Waals surface area contributed by atoms with Crippen molar-refractivity contribution in [3.63, 3.8) is 0 Å². The van der Waals surface area contributed by atoms with Crippen molar-refractivity contribution < 1.29 is 0 Å². The molecule has 0 spiro atoms. The fourth-order valence-electron chi connectivity index (χ4n) is 2.73. The Hall–Kier alpha value is -2.93. The average Bonchev–Trinajstić information content (AvgIpc) is 3.01. The molecule has 1 unspecified atom stereocenters. The second-order valence-electron chi connectivity index (χ2n) is 7.68. The van der Waals surface area contributed by atoms with E-state index in [0.29, 0.717) is 5.92 Å². The Bertz CT molecular complexity index is 787. The summed E-state index contributed by atoms with van der Waals surface area (Å²) in [6.07, 6.45) is 5.32. The van der Waals surface area contributed by atoms with Gasteiger partial charge < -0.3 is 16.8 Å². The lowest BCUT2D eigenvalue weighted by atomic mass is 9.98. The fourth-order valence-corrected chi connectivity index (χ4v) is 2.73. The Labute approximate surface area is 249 Å². The Balaban J connectivity index is -0.000000145. The van der Waals surface area contributed by atoms with Crippen LogP contribution in [-0.2, 0) is 13.0 Å². The molecular formula is C34H66N6. The molecule has 0 aliphatic rings. The second kappa shape index (κ2) is 38.2. The molecule has 0 heterocycles. The van der Waals surface area contributed by atoms with Crippen LogP contribution in [0.2, 0.25) is 0 Å². The number of nitrogens with zero attached hydrogens (tertiary/aromatic N) is 1. The third kappa shape index (κ3) is 29.6. The van der Waals surface area contributed by atoms with Gasteiger partial charge in [0.05, 0.1) is 0 Å². The van der Waals surface area contributed by atoms with Crippen molar-refractivity contribution in [2.75, 3.05) is 27.7 Å². The molecule has 0 fully saturated rings. The summed E-state index contributed by atoms with van der Waals surface area (Å²) in [5, 5.41) is 12.3. The Morgan fingerprint density at radius 3 is 1.77 bits per heavy atom. The van der Waals surface area contributed by atoms with Gasteiger partial charge in [0.1, 0.15) is 5.84 Å². The van der Waals surface area contributed by atoms with Gasteiger partial charge in [0, 0.05) is 25.7 Å². The van der Waals surface area contributed by atoms with Gasteiger partial charge in [-0.3, -0.25) is 10.8 Å². The average molecular weight is 559 g/mol. The highest BCUT2D eigenvalue weighted by molar-refractivity contribution is 5.94.